The number of H-pyrrole nitrogens is 1. The molecule has 0 unspecified atom stereocenters. The van der Waals surface area contributed by atoms with E-state index >= 15 is 9.59 Å². The third kappa shape index (κ3) is 39.4. The highest BCUT2D eigenvalue weighted by Crippen LogP contribution is 2.30. The van der Waals surface area contributed by atoms with Crippen molar-refractivity contribution in [2.24, 2.45) is 52.2 Å². The lowest BCUT2D eigenvalue weighted by Gasteiger charge is -2.39. The van der Waals surface area contributed by atoms with Crippen LogP contribution in [0.3, 0.4) is 0 Å². The number of nitrogens with zero attached hydrogens (tertiary/aromatic N) is 1. The summed E-state index contributed by atoms with van der Waals surface area (Å²) in [7, 11) is 0. The number of benzene rings is 2. The summed E-state index contributed by atoms with van der Waals surface area (Å²) >= 11 is 0. The molecule has 1 aliphatic rings. The zero-order valence-corrected chi connectivity index (χ0v) is 73.6. The molecule has 35 N–H and O–H groups in total. The van der Waals surface area contributed by atoms with Crippen molar-refractivity contribution < 1.29 is 92.0 Å². The lowest BCUT2D eigenvalue weighted by molar-refractivity contribution is -0.141. The Morgan fingerprint density at radius 1 is 0.414 bits per heavy atom. The Balaban J connectivity index is 1.66. The number of nitrogens with two attached hydrogens (primary N) is 6. The molecule has 46 nitrogen and oxygen atoms in total. The number of aromatic amines is 1. The molecule has 708 valence electrons. The Hall–Kier alpha value is -13.5. The number of guanidine groups is 3. The quantitative estimate of drug-likeness (QED) is 0.0142. The highest BCUT2D eigenvalue weighted by atomic mass is 16.3. The van der Waals surface area contributed by atoms with E-state index in [1.54, 1.807) is 27.7 Å². The first kappa shape index (κ1) is 107. The van der Waals surface area contributed by atoms with Crippen molar-refractivity contribution in [2.45, 2.75) is 268 Å². The number of carbonyl (C=O) groups is 16. The molecule has 0 bridgehead atoms. The fourth-order valence-corrected chi connectivity index (χ4v) is 14.0. The van der Waals surface area contributed by atoms with Crippen molar-refractivity contribution >= 4 is 112 Å². The lowest BCUT2D eigenvalue weighted by atomic mass is 9.80. The molecule has 0 radical (unpaired) electrons. The predicted octanol–water partition coefficient (Wildman–Crippen LogP) is -5.56. The van der Waals surface area contributed by atoms with E-state index in [9.17, 15) is 82.4 Å². The van der Waals surface area contributed by atoms with Gasteiger partial charge < -0.3 is 140 Å². The number of hydrogen-bond donors (Lipinski definition) is 29. The van der Waals surface area contributed by atoms with E-state index in [2.05, 4.69) is 95.0 Å². The lowest BCUT2D eigenvalue weighted by Crippen LogP contribution is -2.67. The third-order valence-corrected chi connectivity index (χ3v) is 20.5. The predicted molar refractivity (Wildman–Crippen MR) is 468 cm³/mol. The minimum Gasteiger partial charge on any atom is -0.508 e. The van der Waals surface area contributed by atoms with Crippen molar-refractivity contribution in [2.75, 3.05) is 19.6 Å². The standard InChI is InChI=1S/C82H131N27O19/c1-42(2)33-57(97-46(8)111)71(121)99-53(16-13-31-94-80(88)89)69(119)106-61(38-49-40-92-41-96-49)74(124)105-60(37-48-20-24-51(113)25-21-48)73(123)103-58(34-43(3)4)72(122)107-62(39-64(84)115)75(125)104-59(35-44(5)6)76(126)109-82(28-10-9-11-29-82)78(128)108-65(45(7)110)77(127)101-54(17-14-32-95-81(90)91)67(117)100-55(26-27-63(83)114)70(120)98-52(15-12-30-93-79(86)87)68(118)102-56(66(85)116)36-47-18-22-50(112)23-19-47/h18-25,40-45,52-62,65,110,112-113H,9-17,26-39H2,1-8H3,(H2,83,114)(H2,84,115)(H2,85,116)(H,92,96)(H,97,111)(H,98,120)(H,99,121)(H,100,117)(H,101,127)(H,102,118)(H,103,123)(H,104,125)(H,105,124)(H,106,119)(H,107,122)(H,108,128)(H,109,126)(H4,86,87,93)(H4,88,89,94)(H4,90,91,95)/t45-,52+,53+,54+,55+,56+,57+,58+,59+,60+,61+,62+,65+/m1/s1. The van der Waals surface area contributed by atoms with E-state index in [1.807, 2.05) is 13.8 Å². The number of hydrogen-bond acceptors (Lipinski definition) is 23. The van der Waals surface area contributed by atoms with Crippen LogP contribution in [0, 0.1) is 34.0 Å². The fourth-order valence-electron chi connectivity index (χ4n) is 14.0. The van der Waals surface area contributed by atoms with E-state index < -0.39 is 222 Å². The van der Waals surface area contributed by atoms with Gasteiger partial charge in [-0.15, -0.1) is 0 Å². The number of amides is 16. The van der Waals surface area contributed by atoms with Gasteiger partial charge in [-0.05, 0) is 137 Å². The number of carbonyl (C=O) groups excluding carboxylic acids is 16. The Kier molecular flexibility index (Phi) is 44.9. The summed E-state index contributed by atoms with van der Waals surface area (Å²) in [4.78, 5) is 233. The van der Waals surface area contributed by atoms with Crippen molar-refractivity contribution in [3.05, 3.63) is 77.9 Å². The summed E-state index contributed by atoms with van der Waals surface area (Å²) in [6.07, 6.45) is -1.22. The molecule has 0 saturated heterocycles. The summed E-state index contributed by atoms with van der Waals surface area (Å²) in [5.74, 6) is -17.9. The molecule has 16 amide bonds. The number of phenolic OH excluding ortho intramolecular Hbond substituents is 2. The summed E-state index contributed by atoms with van der Waals surface area (Å²) in [5, 5.41) is 95.8. The summed E-state index contributed by atoms with van der Waals surface area (Å²) < 4.78 is 0. The SMILES string of the molecule is CC(=O)N[C@@H](CC(C)C)C(=O)N[C@@H](CCCNC(=N)N)C(=O)N[C@@H](Cc1cnc[nH]1)C(=O)N[C@@H](Cc1ccc(O)cc1)C(=O)N[C@@H](CC(C)C)C(=O)N[C@@H](CC(N)=O)C(=O)N[C@@H](CC(C)C)C(=O)NC1(C(=O)N[C@H](C(=O)N[C@@H](CCCNC(=N)N)C(=O)N[C@@H](CCC(N)=O)C(=O)N[C@@H](CCCNC(=N)N)C(=O)N[C@@H](Cc2ccc(O)cc2)C(N)=O)[C@@H](C)O)CCCCC1. The maximum atomic E-state index is 15.1. The third-order valence-electron chi connectivity index (χ3n) is 20.5. The number of imidazole rings is 1. The number of rotatable bonds is 56. The van der Waals surface area contributed by atoms with Crippen LogP contribution in [0.4, 0.5) is 0 Å². The van der Waals surface area contributed by atoms with Crippen LogP contribution in [0.5, 0.6) is 11.5 Å². The number of aromatic nitrogens is 2. The molecule has 2 aromatic carbocycles. The normalized spacial score (nSPS) is 15.2. The van der Waals surface area contributed by atoms with Crippen LogP contribution in [0.25, 0.3) is 0 Å². The minimum atomic E-state index is -1.93. The molecule has 4 rings (SSSR count). The Labute approximate surface area is 741 Å². The van der Waals surface area contributed by atoms with Crippen LogP contribution < -0.4 is 119 Å². The van der Waals surface area contributed by atoms with Gasteiger partial charge in [-0.2, -0.15) is 0 Å². The highest BCUT2D eigenvalue weighted by molar-refractivity contribution is 6.02. The molecule has 1 aliphatic carbocycles. The average Bonchev–Trinajstić information content (AvgIpc) is 0.898. The molecular formula is C82H131N27O19. The van der Waals surface area contributed by atoms with E-state index in [0.29, 0.717) is 36.1 Å². The maximum Gasteiger partial charge on any atom is 0.246 e. The summed E-state index contributed by atoms with van der Waals surface area (Å²) in [5.41, 5.74) is 32.7. The maximum absolute atomic E-state index is 15.1. The van der Waals surface area contributed by atoms with E-state index in [1.165, 1.54) is 68.0 Å². The van der Waals surface area contributed by atoms with Crippen LogP contribution in [0.1, 0.15) is 181 Å². The highest BCUT2D eigenvalue weighted by Gasteiger charge is 2.46. The smallest absolute Gasteiger partial charge is 0.246 e. The van der Waals surface area contributed by atoms with Crippen LogP contribution in [0.15, 0.2) is 61.1 Å². The average molecular weight is 1800 g/mol. The number of phenols is 2. The van der Waals surface area contributed by atoms with Crippen LogP contribution in [-0.2, 0) is 96.0 Å². The van der Waals surface area contributed by atoms with Gasteiger partial charge in [0.1, 0.15) is 89.5 Å². The molecular weight excluding hydrogens is 1670 g/mol. The molecule has 1 heterocycles. The van der Waals surface area contributed by atoms with Crippen molar-refractivity contribution in [3.63, 3.8) is 0 Å². The Bertz CT molecular complexity index is 4280. The van der Waals surface area contributed by atoms with Gasteiger partial charge in [-0.25, -0.2) is 4.98 Å². The molecule has 46 heteroatoms. The Morgan fingerprint density at radius 2 is 0.758 bits per heavy atom. The molecule has 0 spiro atoms. The van der Waals surface area contributed by atoms with Gasteiger partial charge in [-0.3, -0.25) is 92.9 Å². The van der Waals surface area contributed by atoms with Crippen LogP contribution in [0.2, 0.25) is 0 Å². The number of aliphatic hydroxyl groups is 1. The molecule has 1 saturated carbocycles. The second-order valence-electron chi connectivity index (χ2n) is 33.1. The molecule has 1 fully saturated rings. The second kappa shape index (κ2) is 53.8. The topological polar surface area (TPSA) is 783 Å². The Morgan fingerprint density at radius 3 is 1.13 bits per heavy atom. The van der Waals surface area contributed by atoms with Crippen LogP contribution in [-0.4, -0.2) is 241 Å². The monoisotopic (exact) mass is 1800 g/mol. The van der Waals surface area contributed by atoms with Crippen LogP contribution >= 0.6 is 0 Å². The van der Waals surface area contributed by atoms with Crippen molar-refractivity contribution in [3.8, 4) is 11.5 Å². The van der Waals surface area contributed by atoms with Gasteiger partial charge in [0.15, 0.2) is 17.9 Å². The van der Waals surface area contributed by atoms with E-state index in [-0.39, 0.29) is 133 Å². The molecule has 128 heavy (non-hydrogen) atoms. The first-order valence-corrected chi connectivity index (χ1v) is 42.5. The summed E-state index contributed by atoms with van der Waals surface area (Å²) in [6, 6.07) is -7.56. The molecule has 13 atom stereocenters. The number of aliphatic hydroxyl groups excluding tert-OH is 1. The van der Waals surface area contributed by atoms with Gasteiger partial charge in [0.2, 0.25) is 94.5 Å². The van der Waals surface area contributed by atoms with Gasteiger partial charge >= 0.3 is 0 Å². The molecule has 0 aliphatic heterocycles. The number of nitrogens with one attached hydrogen (secondary N) is 20. The van der Waals surface area contributed by atoms with Crippen molar-refractivity contribution in [1.29, 1.82) is 16.2 Å². The minimum absolute atomic E-state index is 0.0192. The largest absolute Gasteiger partial charge is 0.508 e. The van der Waals surface area contributed by atoms with E-state index in [4.69, 9.17) is 50.6 Å². The van der Waals surface area contributed by atoms with Crippen molar-refractivity contribution in [1.82, 2.24) is 95.0 Å². The van der Waals surface area contributed by atoms with Gasteiger partial charge in [0, 0.05) is 64.1 Å². The first-order chi connectivity index (χ1) is 60.2. The first-order valence-electron chi connectivity index (χ1n) is 42.5. The molecule has 3 aromatic rings. The second-order valence-corrected chi connectivity index (χ2v) is 33.1. The van der Waals surface area contributed by atoms with Gasteiger partial charge in [0.05, 0.1) is 18.9 Å². The summed E-state index contributed by atoms with van der Waals surface area (Å²) in [6.45, 7) is 12.8. The zero-order valence-electron chi connectivity index (χ0n) is 73.6. The van der Waals surface area contributed by atoms with Gasteiger partial charge in [-0.1, -0.05) is 85.1 Å². The van der Waals surface area contributed by atoms with Gasteiger partial charge in [0.25, 0.3) is 0 Å². The molecule has 1 aromatic heterocycles. The zero-order chi connectivity index (χ0) is 95.7. The number of primary amides is 3. The van der Waals surface area contributed by atoms with E-state index in [0.717, 1.165) is 6.92 Å². The number of aromatic hydroxyl groups is 2. The fraction of sp³-hybridized carbons (Fsp3) is 0.585.